The van der Waals surface area contributed by atoms with Gasteiger partial charge in [0.15, 0.2) is 0 Å². The van der Waals surface area contributed by atoms with Crippen LogP contribution in [0.2, 0.25) is 0 Å². The highest BCUT2D eigenvalue weighted by Crippen LogP contribution is 2.01. The van der Waals surface area contributed by atoms with Crippen molar-refractivity contribution < 1.29 is 0 Å². The van der Waals surface area contributed by atoms with Gasteiger partial charge in [-0.05, 0) is 0 Å². The molecule has 0 aliphatic heterocycles. The SMILES string of the molecule is NC(=S)C1=CC=[C+]C=C1. The molecule has 1 nitrogen and oxygen atoms in total. The number of thiocarbonyl (C=S) groups is 1. The molecule has 0 saturated carbocycles. The maximum Gasteiger partial charge on any atom is 0.131 e. The van der Waals surface area contributed by atoms with Crippen LogP contribution in [0.5, 0.6) is 0 Å². The topological polar surface area (TPSA) is 26.0 Å². The van der Waals surface area contributed by atoms with Crippen molar-refractivity contribution in [1.82, 2.24) is 0 Å². The molecule has 0 unspecified atom stereocenters. The van der Waals surface area contributed by atoms with E-state index in [0.717, 1.165) is 5.57 Å². The van der Waals surface area contributed by atoms with Crippen molar-refractivity contribution in [2.24, 2.45) is 5.73 Å². The Morgan fingerprint density at radius 1 is 1.67 bits per heavy atom. The molecule has 44 valence electrons. The average Bonchev–Trinajstić information content (AvgIpc) is 1.90. The highest BCUT2D eigenvalue weighted by atomic mass is 32.1. The predicted molar refractivity (Wildman–Crippen MR) is 41.8 cm³/mol. The standard InChI is InChI=1S/C7H5NS/c8-7(9)6-4-2-1-3-5-6/h2-5H,(H-,8,9)/p+1. The highest BCUT2D eigenvalue weighted by molar-refractivity contribution is 7.80. The summed E-state index contributed by atoms with van der Waals surface area (Å²) < 4.78 is 0. The van der Waals surface area contributed by atoms with Crippen LogP contribution >= 0.6 is 12.2 Å². The van der Waals surface area contributed by atoms with Crippen LogP contribution in [0, 0.1) is 6.08 Å². The second-order valence-corrected chi connectivity index (χ2v) is 2.09. The van der Waals surface area contributed by atoms with E-state index >= 15 is 0 Å². The molecule has 0 aromatic heterocycles. The molecule has 0 atom stereocenters. The summed E-state index contributed by atoms with van der Waals surface area (Å²) in [4.78, 5) is 0.434. The number of rotatable bonds is 1. The Labute approximate surface area is 59.6 Å². The molecule has 0 spiro atoms. The predicted octanol–water partition coefficient (Wildman–Crippen LogP) is 1.13. The molecule has 0 amide bonds. The molecule has 1 rings (SSSR count). The second kappa shape index (κ2) is 2.53. The molecule has 0 heterocycles. The number of hydrogen-bond acceptors (Lipinski definition) is 1. The molecule has 9 heavy (non-hydrogen) atoms. The molecule has 1 aliphatic carbocycles. The quantitative estimate of drug-likeness (QED) is 0.432. The zero-order valence-electron chi connectivity index (χ0n) is 4.79. The van der Waals surface area contributed by atoms with E-state index in [1.54, 1.807) is 12.2 Å². The van der Waals surface area contributed by atoms with Crippen LogP contribution < -0.4 is 5.73 Å². The third-order valence-corrected chi connectivity index (χ3v) is 1.24. The van der Waals surface area contributed by atoms with Crippen molar-refractivity contribution in [3.63, 3.8) is 0 Å². The van der Waals surface area contributed by atoms with E-state index in [9.17, 15) is 0 Å². The summed E-state index contributed by atoms with van der Waals surface area (Å²) in [6, 6.07) is 0. The molecule has 2 N–H and O–H groups in total. The molecule has 0 bridgehead atoms. The minimum atomic E-state index is 0.434. The van der Waals surface area contributed by atoms with Crippen LogP contribution in [0.25, 0.3) is 0 Å². The Morgan fingerprint density at radius 2 is 2.44 bits per heavy atom. The Bertz CT molecular complexity index is 211. The summed E-state index contributed by atoms with van der Waals surface area (Å²) in [7, 11) is 0. The Kier molecular flexibility index (Phi) is 1.73. The van der Waals surface area contributed by atoms with Gasteiger partial charge in [0.05, 0.1) is 12.2 Å². The van der Waals surface area contributed by atoms with Crippen molar-refractivity contribution in [3.05, 3.63) is 36.0 Å². The first-order valence-electron chi connectivity index (χ1n) is 2.56. The smallest absolute Gasteiger partial charge is 0.131 e. The fourth-order valence-electron chi connectivity index (χ4n) is 0.551. The van der Waals surface area contributed by atoms with Crippen molar-refractivity contribution >= 4 is 17.2 Å². The Morgan fingerprint density at radius 3 is 2.78 bits per heavy atom. The molecule has 2 heteroatoms. The summed E-state index contributed by atoms with van der Waals surface area (Å²) in [6.07, 6.45) is 10.1. The molecular weight excluding hydrogens is 130 g/mol. The van der Waals surface area contributed by atoms with E-state index < -0.39 is 0 Å². The molecule has 0 saturated heterocycles. The number of allylic oxidation sites excluding steroid dienone is 4. The van der Waals surface area contributed by atoms with E-state index in [1.165, 1.54) is 0 Å². The molecular formula is C7H6NS+. The Balaban J connectivity index is 2.84. The van der Waals surface area contributed by atoms with Gasteiger partial charge >= 0.3 is 0 Å². The van der Waals surface area contributed by atoms with Crippen molar-refractivity contribution in [2.75, 3.05) is 0 Å². The highest BCUT2D eigenvalue weighted by Gasteiger charge is 2.02. The third kappa shape index (κ3) is 1.46. The van der Waals surface area contributed by atoms with Gasteiger partial charge in [0.25, 0.3) is 0 Å². The minimum absolute atomic E-state index is 0.434. The molecule has 0 fully saturated rings. The van der Waals surface area contributed by atoms with Gasteiger partial charge in [0.2, 0.25) is 0 Å². The van der Waals surface area contributed by atoms with Crippen LogP contribution in [0.1, 0.15) is 0 Å². The lowest BCUT2D eigenvalue weighted by Gasteiger charge is -1.89. The summed E-state index contributed by atoms with van der Waals surface area (Å²) in [5.41, 5.74) is 6.22. The first-order valence-corrected chi connectivity index (χ1v) is 2.97. The summed E-state index contributed by atoms with van der Waals surface area (Å²) in [5.74, 6) is 0. The van der Waals surface area contributed by atoms with Gasteiger partial charge in [-0.3, -0.25) is 0 Å². The van der Waals surface area contributed by atoms with Crippen molar-refractivity contribution in [3.8, 4) is 0 Å². The van der Waals surface area contributed by atoms with Gasteiger partial charge in [-0.15, -0.1) is 0 Å². The van der Waals surface area contributed by atoms with Gasteiger partial charge < -0.3 is 5.73 Å². The maximum absolute atomic E-state index is 5.33. The number of hydrogen-bond donors (Lipinski definition) is 1. The fourth-order valence-corrected chi connectivity index (χ4v) is 0.687. The average molecular weight is 136 g/mol. The lowest BCUT2D eigenvalue weighted by Crippen LogP contribution is -2.09. The van der Waals surface area contributed by atoms with E-state index in [-0.39, 0.29) is 0 Å². The number of nitrogens with two attached hydrogens (primary N) is 1. The van der Waals surface area contributed by atoms with Crippen molar-refractivity contribution in [2.45, 2.75) is 0 Å². The van der Waals surface area contributed by atoms with Gasteiger partial charge in [-0.25, -0.2) is 0 Å². The molecule has 0 aromatic carbocycles. The van der Waals surface area contributed by atoms with Gasteiger partial charge in [0, 0.05) is 6.08 Å². The lowest BCUT2D eigenvalue weighted by molar-refractivity contribution is 1.63. The van der Waals surface area contributed by atoms with Crippen molar-refractivity contribution in [1.29, 1.82) is 0 Å². The Hall–Kier alpha value is -0.980. The van der Waals surface area contributed by atoms with E-state index in [2.05, 4.69) is 6.08 Å². The monoisotopic (exact) mass is 136 g/mol. The van der Waals surface area contributed by atoms with Crippen LogP contribution in [0.15, 0.2) is 29.9 Å². The largest absolute Gasteiger partial charge is 0.387 e. The molecule has 0 radical (unpaired) electrons. The first-order chi connectivity index (χ1) is 4.30. The summed E-state index contributed by atoms with van der Waals surface area (Å²) in [6.45, 7) is 0. The van der Waals surface area contributed by atoms with Crippen LogP contribution in [-0.4, -0.2) is 4.99 Å². The van der Waals surface area contributed by atoms with E-state index in [0.29, 0.717) is 4.99 Å². The first kappa shape index (κ1) is 6.14. The van der Waals surface area contributed by atoms with Gasteiger partial charge in [0.1, 0.15) is 22.7 Å². The summed E-state index contributed by atoms with van der Waals surface area (Å²) >= 11 is 4.73. The van der Waals surface area contributed by atoms with Gasteiger partial charge in [-0.1, -0.05) is 12.2 Å². The van der Waals surface area contributed by atoms with E-state index in [4.69, 9.17) is 18.0 Å². The van der Waals surface area contributed by atoms with E-state index in [1.807, 2.05) is 12.2 Å². The fraction of sp³-hybridized carbons (Fsp3) is 0. The van der Waals surface area contributed by atoms with Crippen LogP contribution in [0.3, 0.4) is 0 Å². The molecule has 1 aliphatic rings. The lowest BCUT2D eigenvalue weighted by atomic mass is 10.1. The van der Waals surface area contributed by atoms with Gasteiger partial charge in [-0.2, -0.15) is 0 Å². The second-order valence-electron chi connectivity index (χ2n) is 1.65. The van der Waals surface area contributed by atoms with Crippen LogP contribution in [0.4, 0.5) is 0 Å². The zero-order valence-corrected chi connectivity index (χ0v) is 5.61. The zero-order chi connectivity index (χ0) is 6.69. The summed E-state index contributed by atoms with van der Waals surface area (Å²) in [5, 5.41) is 0. The molecule has 0 aromatic rings. The maximum atomic E-state index is 5.33. The third-order valence-electron chi connectivity index (χ3n) is 1.00. The minimum Gasteiger partial charge on any atom is -0.387 e. The van der Waals surface area contributed by atoms with Crippen LogP contribution in [-0.2, 0) is 0 Å². The normalized spacial score (nSPS) is 14.4.